The van der Waals surface area contributed by atoms with Gasteiger partial charge >= 0.3 is 0 Å². The van der Waals surface area contributed by atoms with E-state index in [2.05, 4.69) is 24.9 Å². The van der Waals surface area contributed by atoms with Crippen molar-refractivity contribution in [2.45, 2.75) is 39.0 Å². The number of aryl methyl sites for hydroxylation is 2. The van der Waals surface area contributed by atoms with Crippen LogP contribution in [0.1, 0.15) is 46.0 Å². The first-order valence-electron chi connectivity index (χ1n) is 6.55. The Kier molecular flexibility index (Phi) is 3.27. The lowest BCUT2D eigenvalue weighted by atomic mass is 10.0. The maximum Gasteiger partial charge on any atom is 0.180 e. The van der Waals surface area contributed by atoms with E-state index >= 15 is 0 Å². The second-order valence-electron chi connectivity index (χ2n) is 5.35. The van der Waals surface area contributed by atoms with Crippen molar-refractivity contribution < 1.29 is 0 Å². The first-order chi connectivity index (χ1) is 9.04. The lowest BCUT2D eigenvalue weighted by molar-refractivity contribution is 1.01. The van der Waals surface area contributed by atoms with E-state index in [4.69, 9.17) is 17.3 Å². The number of benzene rings is 1. The van der Waals surface area contributed by atoms with Gasteiger partial charge in [0.2, 0.25) is 0 Å². The van der Waals surface area contributed by atoms with Crippen molar-refractivity contribution in [2.24, 2.45) is 0 Å². The number of rotatable bonds is 3. The third kappa shape index (κ3) is 2.63. The van der Waals surface area contributed by atoms with Gasteiger partial charge in [-0.15, -0.1) is 11.3 Å². The number of thiazole rings is 1. The fourth-order valence-electron chi connectivity index (χ4n) is 2.51. The molecule has 19 heavy (non-hydrogen) atoms. The van der Waals surface area contributed by atoms with Crippen LogP contribution in [0.4, 0.5) is 5.13 Å². The summed E-state index contributed by atoms with van der Waals surface area (Å²) in [5, 5.41) is 1.53. The normalized spacial score (nSPS) is 14.9. The van der Waals surface area contributed by atoms with Crippen LogP contribution in [-0.2, 0) is 6.42 Å². The maximum absolute atomic E-state index is 6.39. The van der Waals surface area contributed by atoms with Crippen molar-refractivity contribution in [2.75, 3.05) is 5.73 Å². The van der Waals surface area contributed by atoms with Gasteiger partial charge in [0.25, 0.3) is 0 Å². The van der Waals surface area contributed by atoms with Crippen molar-refractivity contribution in [3.05, 3.63) is 44.4 Å². The molecule has 0 spiro atoms. The number of aromatic nitrogens is 1. The van der Waals surface area contributed by atoms with Gasteiger partial charge < -0.3 is 5.73 Å². The monoisotopic (exact) mass is 292 g/mol. The van der Waals surface area contributed by atoms with E-state index in [0.717, 1.165) is 11.4 Å². The summed E-state index contributed by atoms with van der Waals surface area (Å²) in [7, 11) is 0. The van der Waals surface area contributed by atoms with Gasteiger partial charge in [0.1, 0.15) is 0 Å². The van der Waals surface area contributed by atoms with E-state index in [1.807, 2.05) is 6.07 Å². The molecule has 3 rings (SSSR count). The smallest absolute Gasteiger partial charge is 0.180 e. The summed E-state index contributed by atoms with van der Waals surface area (Å²) in [6.45, 7) is 4.19. The van der Waals surface area contributed by atoms with E-state index < -0.39 is 0 Å². The van der Waals surface area contributed by atoms with Gasteiger partial charge in [0.15, 0.2) is 5.13 Å². The Labute approximate surface area is 122 Å². The van der Waals surface area contributed by atoms with Gasteiger partial charge in [-0.3, -0.25) is 0 Å². The molecule has 0 atom stereocenters. The predicted octanol–water partition coefficient (Wildman–Crippen LogP) is 4.46. The zero-order chi connectivity index (χ0) is 13.6. The van der Waals surface area contributed by atoms with E-state index in [1.165, 1.54) is 40.1 Å². The highest BCUT2D eigenvalue weighted by Crippen LogP contribution is 2.44. The largest absolute Gasteiger partial charge is 0.375 e. The summed E-state index contributed by atoms with van der Waals surface area (Å²) in [6.07, 6.45) is 3.35. The molecule has 1 aliphatic rings. The zero-order valence-corrected chi connectivity index (χ0v) is 12.7. The molecule has 1 saturated carbocycles. The lowest BCUT2D eigenvalue weighted by Gasteiger charge is -2.09. The molecular formula is C15H17ClN2S. The Hall–Kier alpha value is -1.06. The van der Waals surface area contributed by atoms with Crippen LogP contribution >= 0.6 is 22.9 Å². The van der Waals surface area contributed by atoms with Crippen molar-refractivity contribution in [3.63, 3.8) is 0 Å². The number of hydrogen-bond acceptors (Lipinski definition) is 3. The fourth-order valence-corrected chi connectivity index (χ4v) is 3.83. The standard InChI is InChI=1S/C15H17ClN2S/c1-8-5-9(2)11(12(16)6-8)7-13-14(10-3-4-10)18-15(17)19-13/h5-6,10H,3-4,7H2,1-2H3,(H2,17,18). The van der Waals surface area contributed by atoms with E-state index in [9.17, 15) is 0 Å². The van der Waals surface area contributed by atoms with Gasteiger partial charge in [0, 0.05) is 22.2 Å². The molecule has 1 aliphatic carbocycles. The van der Waals surface area contributed by atoms with Crippen molar-refractivity contribution in [1.29, 1.82) is 0 Å². The number of hydrogen-bond donors (Lipinski definition) is 1. The third-order valence-corrected chi connectivity index (χ3v) is 4.85. The Balaban J connectivity index is 1.97. The highest BCUT2D eigenvalue weighted by molar-refractivity contribution is 7.15. The molecule has 0 amide bonds. The van der Waals surface area contributed by atoms with Crippen LogP contribution in [0, 0.1) is 13.8 Å². The van der Waals surface area contributed by atoms with Crippen LogP contribution in [0.2, 0.25) is 5.02 Å². The molecule has 0 saturated heterocycles. The highest BCUT2D eigenvalue weighted by Gasteiger charge is 2.29. The third-order valence-electron chi connectivity index (χ3n) is 3.61. The number of halogens is 1. The van der Waals surface area contributed by atoms with E-state index in [0.29, 0.717) is 11.0 Å². The van der Waals surface area contributed by atoms with Crippen molar-refractivity contribution in [1.82, 2.24) is 4.98 Å². The molecule has 0 bridgehead atoms. The molecule has 0 unspecified atom stereocenters. The number of nitrogens with zero attached hydrogens (tertiary/aromatic N) is 1. The molecule has 2 aromatic rings. The van der Waals surface area contributed by atoms with Crippen LogP contribution in [0.15, 0.2) is 12.1 Å². The van der Waals surface area contributed by atoms with Crippen LogP contribution in [-0.4, -0.2) is 4.98 Å². The first-order valence-corrected chi connectivity index (χ1v) is 7.74. The van der Waals surface area contributed by atoms with Crippen LogP contribution in [0.5, 0.6) is 0 Å². The summed E-state index contributed by atoms with van der Waals surface area (Å²) in [4.78, 5) is 5.78. The van der Waals surface area contributed by atoms with Gasteiger partial charge in [0.05, 0.1) is 5.69 Å². The second-order valence-corrected chi connectivity index (χ2v) is 6.88. The molecule has 1 aromatic carbocycles. The highest BCUT2D eigenvalue weighted by atomic mass is 35.5. The van der Waals surface area contributed by atoms with Crippen LogP contribution in [0.3, 0.4) is 0 Å². The SMILES string of the molecule is Cc1cc(C)c(Cc2sc(N)nc2C2CC2)c(Cl)c1. The summed E-state index contributed by atoms with van der Waals surface area (Å²) in [6, 6.07) is 4.22. The molecule has 2 nitrogen and oxygen atoms in total. The average Bonchev–Trinajstić information content (AvgIpc) is 3.08. The van der Waals surface area contributed by atoms with E-state index in [-0.39, 0.29) is 0 Å². The minimum atomic E-state index is 0.632. The zero-order valence-electron chi connectivity index (χ0n) is 11.2. The minimum Gasteiger partial charge on any atom is -0.375 e. The Morgan fingerprint density at radius 2 is 2.11 bits per heavy atom. The summed E-state index contributed by atoms with van der Waals surface area (Å²) < 4.78 is 0. The van der Waals surface area contributed by atoms with Crippen LogP contribution < -0.4 is 5.73 Å². The van der Waals surface area contributed by atoms with Gasteiger partial charge in [-0.2, -0.15) is 0 Å². The van der Waals surface area contributed by atoms with E-state index in [1.54, 1.807) is 11.3 Å². The molecular weight excluding hydrogens is 276 g/mol. The quantitative estimate of drug-likeness (QED) is 0.907. The molecule has 2 N–H and O–H groups in total. The van der Waals surface area contributed by atoms with Crippen molar-refractivity contribution >= 4 is 28.1 Å². The first kappa shape index (κ1) is 12.9. The number of anilines is 1. The summed E-state index contributed by atoms with van der Waals surface area (Å²) >= 11 is 8.00. The average molecular weight is 293 g/mol. The number of nitrogens with two attached hydrogens (primary N) is 1. The topological polar surface area (TPSA) is 38.9 Å². The van der Waals surface area contributed by atoms with Gasteiger partial charge in [-0.25, -0.2) is 4.98 Å². The Morgan fingerprint density at radius 3 is 2.74 bits per heavy atom. The summed E-state index contributed by atoms with van der Waals surface area (Å²) in [5.41, 5.74) is 10.7. The van der Waals surface area contributed by atoms with Gasteiger partial charge in [-0.05, 0) is 49.4 Å². The lowest BCUT2D eigenvalue weighted by Crippen LogP contribution is -1.96. The predicted molar refractivity (Wildman–Crippen MR) is 82.2 cm³/mol. The van der Waals surface area contributed by atoms with Gasteiger partial charge in [-0.1, -0.05) is 17.7 Å². The maximum atomic E-state index is 6.39. The molecule has 4 heteroatoms. The van der Waals surface area contributed by atoms with Crippen LogP contribution in [0.25, 0.3) is 0 Å². The Bertz CT molecular complexity index is 606. The second kappa shape index (κ2) is 4.80. The minimum absolute atomic E-state index is 0.632. The number of nitrogen functional groups attached to an aromatic ring is 1. The summed E-state index contributed by atoms with van der Waals surface area (Å²) in [5.74, 6) is 0.632. The Morgan fingerprint density at radius 1 is 1.37 bits per heavy atom. The molecule has 1 aromatic heterocycles. The molecule has 1 fully saturated rings. The molecule has 1 heterocycles. The fraction of sp³-hybridized carbons (Fsp3) is 0.400. The van der Waals surface area contributed by atoms with Crippen molar-refractivity contribution in [3.8, 4) is 0 Å². The molecule has 0 aliphatic heterocycles. The molecule has 0 radical (unpaired) electrons. The molecule has 100 valence electrons.